The quantitative estimate of drug-likeness (QED) is 0.886. The zero-order valence-electron chi connectivity index (χ0n) is 11.0. The van der Waals surface area contributed by atoms with Gasteiger partial charge in [0.05, 0.1) is 0 Å². The number of pyridine rings is 1. The van der Waals surface area contributed by atoms with Gasteiger partial charge in [-0.15, -0.1) is 0 Å². The van der Waals surface area contributed by atoms with Crippen molar-refractivity contribution in [1.29, 1.82) is 0 Å². The van der Waals surface area contributed by atoms with Crippen LogP contribution in [0.15, 0.2) is 42.7 Å². The molecular formula is C15H17FN2O. The van der Waals surface area contributed by atoms with Gasteiger partial charge in [0.25, 0.3) is 0 Å². The first-order valence-electron chi connectivity index (χ1n) is 6.22. The number of halogens is 1. The fourth-order valence-corrected chi connectivity index (χ4v) is 2.07. The highest BCUT2D eigenvalue weighted by Crippen LogP contribution is 2.26. The molecule has 0 amide bonds. The normalized spacial score (nSPS) is 14.1. The van der Waals surface area contributed by atoms with Crippen LogP contribution in [-0.2, 0) is 0 Å². The number of phenolic OH excluding ortho intramolecular Hbond substituents is 1. The summed E-state index contributed by atoms with van der Waals surface area (Å²) in [5.41, 5.74) is 1.60. The van der Waals surface area contributed by atoms with E-state index in [1.54, 1.807) is 12.4 Å². The molecule has 4 heteroatoms. The highest BCUT2D eigenvalue weighted by Gasteiger charge is 2.14. The van der Waals surface area contributed by atoms with E-state index >= 15 is 0 Å². The number of rotatable bonds is 4. The van der Waals surface area contributed by atoms with Crippen LogP contribution in [0.5, 0.6) is 5.75 Å². The monoisotopic (exact) mass is 260 g/mol. The van der Waals surface area contributed by atoms with Gasteiger partial charge in [-0.25, -0.2) is 4.39 Å². The summed E-state index contributed by atoms with van der Waals surface area (Å²) in [4.78, 5) is 4.07. The second-order valence-corrected chi connectivity index (χ2v) is 4.60. The van der Waals surface area contributed by atoms with Crippen LogP contribution in [0.2, 0.25) is 0 Å². The maximum atomic E-state index is 13.2. The average molecular weight is 260 g/mol. The van der Waals surface area contributed by atoms with Crippen LogP contribution < -0.4 is 5.32 Å². The first-order chi connectivity index (χ1) is 9.08. The minimum absolute atomic E-state index is 0.0615. The SMILES string of the molecule is CC(N[C@@H](C)c1cccnc1)c1cc(F)ccc1O. The highest BCUT2D eigenvalue weighted by molar-refractivity contribution is 5.35. The summed E-state index contributed by atoms with van der Waals surface area (Å²) in [5.74, 6) is -0.254. The molecule has 0 bridgehead atoms. The minimum atomic E-state index is -0.351. The minimum Gasteiger partial charge on any atom is -0.508 e. The molecule has 3 nitrogen and oxygen atoms in total. The van der Waals surface area contributed by atoms with Crippen molar-refractivity contribution < 1.29 is 9.50 Å². The summed E-state index contributed by atoms with van der Waals surface area (Å²) >= 11 is 0. The van der Waals surface area contributed by atoms with Crippen molar-refractivity contribution in [2.24, 2.45) is 0 Å². The van der Waals surface area contributed by atoms with Crippen LogP contribution >= 0.6 is 0 Å². The standard InChI is InChI=1S/C15H17FN2O/c1-10(12-4-3-7-17-9-12)18-11(2)14-8-13(16)5-6-15(14)19/h3-11,18-19H,1-2H3/t10-,11?/m0/s1. The molecule has 1 heterocycles. The van der Waals surface area contributed by atoms with Crippen molar-refractivity contribution in [2.75, 3.05) is 0 Å². The number of aromatic hydroxyl groups is 1. The Labute approximate surface area is 112 Å². The topological polar surface area (TPSA) is 45.2 Å². The molecule has 2 aromatic rings. The summed E-state index contributed by atoms with van der Waals surface area (Å²) in [6, 6.07) is 7.72. The summed E-state index contributed by atoms with van der Waals surface area (Å²) in [5, 5.41) is 13.1. The summed E-state index contributed by atoms with van der Waals surface area (Å²) in [6.45, 7) is 3.89. The molecule has 0 aliphatic carbocycles. The van der Waals surface area contributed by atoms with E-state index in [1.165, 1.54) is 18.2 Å². The van der Waals surface area contributed by atoms with Crippen LogP contribution in [-0.4, -0.2) is 10.1 Å². The molecule has 2 rings (SSSR count). The molecule has 2 atom stereocenters. The maximum Gasteiger partial charge on any atom is 0.123 e. The van der Waals surface area contributed by atoms with Crippen LogP contribution in [0.1, 0.15) is 37.1 Å². The number of nitrogens with zero attached hydrogens (tertiary/aromatic N) is 1. The molecular weight excluding hydrogens is 243 g/mol. The predicted molar refractivity (Wildman–Crippen MR) is 72.3 cm³/mol. The molecule has 0 radical (unpaired) electrons. The summed E-state index contributed by atoms with van der Waals surface area (Å²) < 4.78 is 13.2. The molecule has 19 heavy (non-hydrogen) atoms. The van der Waals surface area contributed by atoms with E-state index in [2.05, 4.69) is 10.3 Å². The third-order valence-electron chi connectivity index (χ3n) is 3.14. The average Bonchev–Trinajstić information content (AvgIpc) is 2.42. The second-order valence-electron chi connectivity index (χ2n) is 4.60. The number of benzene rings is 1. The first-order valence-corrected chi connectivity index (χ1v) is 6.22. The number of hydrogen-bond donors (Lipinski definition) is 2. The van der Waals surface area contributed by atoms with Gasteiger partial charge in [-0.05, 0) is 43.7 Å². The van der Waals surface area contributed by atoms with E-state index in [4.69, 9.17) is 0 Å². The third kappa shape index (κ3) is 3.29. The molecule has 100 valence electrons. The molecule has 0 aliphatic heterocycles. The van der Waals surface area contributed by atoms with Gasteiger partial charge >= 0.3 is 0 Å². The van der Waals surface area contributed by atoms with Crippen LogP contribution in [0.25, 0.3) is 0 Å². The van der Waals surface area contributed by atoms with E-state index in [0.29, 0.717) is 5.56 Å². The van der Waals surface area contributed by atoms with E-state index in [9.17, 15) is 9.50 Å². The van der Waals surface area contributed by atoms with Gasteiger partial charge < -0.3 is 10.4 Å². The highest BCUT2D eigenvalue weighted by atomic mass is 19.1. The lowest BCUT2D eigenvalue weighted by Gasteiger charge is -2.21. The summed E-state index contributed by atoms with van der Waals surface area (Å²) in [6.07, 6.45) is 3.51. The number of aromatic nitrogens is 1. The van der Waals surface area contributed by atoms with Crippen LogP contribution in [0.4, 0.5) is 4.39 Å². The fraction of sp³-hybridized carbons (Fsp3) is 0.267. The molecule has 0 aliphatic rings. The smallest absolute Gasteiger partial charge is 0.123 e. The van der Waals surface area contributed by atoms with Crippen molar-refractivity contribution in [1.82, 2.24) is 10.3 Å². The van der Waals surface area contributed by atoms with Crippen molar-refractivity contribution in [3.63, 3.8) is 0 Å². The second kappa shape index (κ2) is 5.80. The predicted octanol–water partition coefficient (Wildman–Crippen LogP) is 3.34. The lowest BCUT2D eigenvalue weighted by molar-refractivity contribution is 0.435. The Hall–Kier alpha value is -1.94. The molecule has 0 saturated heterocycles. The largest absolute Gasteiger partial charge is 0.508 e. The van der Waals surface area contributed by atoms with Crippen molar-refractivity contribution in [2.45, 2.75) is 25.9 Å². The molecule has 1 aromatic heterocycles. The Morgan fingerprint density at radius 2 is 2.00 bits per heavy atom. The zero-order valence-corrected chi connectivity index (χ0v) is 11.0. The molecule has 2 N–H and O–H groups in total. The van der Waals surface area contributed by atoms with E-state index in [1.807, 2.05) is 26.0 Å². The van der Waals surface area contributed by atoms with Gasteiger partial charge in [0.1, 0.15) is 11.6 Å². The van der Waals surface area contributed by atoms with Crippen LogP contribution in [0.3, 0.4) is 0 Å². The van der Waals surface area contributed by atoms with Gasteiger partial charge in [0.15, 0.2) is 0 Å². The Kier molecular flexibility index (Phi) is 4.12. The lowest BCUT2D eigenvalue weighted by atomic mass is 10.0. The Balaban J connectivity index is 2.13. The van der Waals surface area contributed by atoms with Crippen molar-refractivity contribution in [3.8, 4) is 5.75 Å². The van der Waals surface area contributed by atoms with E-state index in [-0.39, 0.29) is 23.7 Å². The fourth-order valence-electron chi connectivity index (χ4n) is 2.07. The Morgan fingerprint density at radius 3 is 2.68 bits per heavy atom. The van der Waals surface area contributed by atoms with Gasteiger partial charge in [-0.1, -0.05) is 6.07 Å². The molecule has 0 fully saturated rings. The van der Waals surface area contributed by atoms with E-state index in [0.717, 1.165) is 5.56 Å². The van der Waals surface area contributed by atoms with Gasteiger partial charge in [0, 0.05) is 30.0 Å². The Bertz CT molecular complexity index is 545. The zero-order chi connectivity index (χ0) is 13.8. The van der Waals surface area contributed by atoms with Gasteiger partial charge in [-0.2, -0.15) is 0 Å². The lowest BCUT2D eigenvalue weighted by Crippen LogP contribution is -2.22. The maximum absolute atomic E-state index is 13.2. The molecule has 0 saturated carbocycles. The van der Waals surface area contributed by atoms with Gasteiger partial charge in [0.2, 0.25) is 0 Å². The number of phenols is 1. The summed E-state index contributed by atoms with van der Waals surface area (Å²) in [7, 11) is 0. The first kappa shape index (κ1) is 13.5. The van der Waals surface area contributed by atoms with E-state index < -0.39 is 0 Å². The Morgan fingerprint density at radius 1 is 1.21 bits per heavy atom. The van der Waals surface area contributed by atoms with Crippen molar-refractivity contribution >= 4 is 0 Å². The number of nitrogens with one attached hydrogen (secondary N) is 1. The van der Waals surface area contributed by atoms with Crippen molar-refractivity contribution in [3.05, 3.63) is 59.7 Å². The molecule has 0 spiro atoms. The molecule has 1 unspecified atom stereocenters. The molecule has 1 aromatic carbocycles. The van der Waals surface area contributed by atoms with Gasteiger partial charge in [-0.3, -0.25) is 4.98 Å². The number of hydrogen-bond acceptors (Lipinski definition) is 3. The van der Waals surface area contributed by atoms with Crippen LogP contribution in [0, 0.1) is 5.82 Å². The third-order valence-corrected chi connectivity index (χ3v) is 3.14.